The Bertz CT molecular complexity index is 812. The molecule has 1 saturated heterocycles. The quantitative estimate of drug-likeness (QED) is 0.836. The third-order valence-electron chi connectivity index (χ3n) is 3.94. The fourth-order valence-electron chi connectivity index (χ4n) is 2.68. The van der Waals surface area contributed by atoms with Crippen LogP contribution in [0, 0.1) is 0 Å². The van der Waals surface area contributed by atoms with E-state index in [-0.39, 0.29) is 16.8 Å². The lowest BCUT2D eigenvalue weighted by molar-refractivity contribution is 0.0679. The summed E-state index contributed by atoms with van der Waals surface area (Å²) in [5.41, 5.74) is 0. The number of likely N-dealkylation sites (tertiary alicyclic amines) is 1. The third kappa shape index (κ3) is 3.88. The molecule has 1 aromatic heterocycles. The van der Waals surface area contributed by atoms with Crippen LogP contribution in [-0.2, 0) is 10.0 Å². The van der Waals surface area contributed by atoms with Crippen LogP contribution in [0.25, 0.3) is 0 Å². The minimum absolute atomic E-state index is 0.159. The SMILES string of the molecule is O=C(c1ccco1)N1CCC(NS(=O)(=O)c2cccc(Br)c2)CC1. The number of hydrogen-bond acceptors (Lipinski definition) is 4. The van der Waals surface area contributed by atoms with Crippen molar-refractivity contribution >= 4 is 31.9 Å². The first-order chi connectivity index (χ1) is 11.5. The number of benzene rings is 1. The van der Waals surface area contributed by atoms with Crippen LogP contribution in [0.4, 0.5) is 0 Å². The van der Waals surface area contributed by atoms with Gasteiger partial charge in [-0.2, -0.15) is 0 Å². The number of nitrogens with one attached hydrogen (secondary N) is 1. The van der Waals surface area contributed by atoms with Crippen LogP contribution in [0.3, 0.4) is 0 Å². The predicted octanol–water partition coefficient (Wildman–Crippen LogP) is 2.63. The number of furan rings is 1. The molecule has 24 heavy (non-hydrogen) atoms. The van der Waals surface area contributed by atoms with Gasteiger partial charge in [0.2, 0.25) is 10.0 Å². The topological polar surface area (TPSA) is 79.6 Å². The summed E-state index contributed by atoms with van der Waals surface area (Å²) in [4.78, 5) is 14.1. The second-order valence-electron chi connectivity index (χ2n) is 5.62. The second kappa shape index (κ2) is 7.08. The van der Waals surface area contributed by atoms with Crippen LogP contribution in [0.2, 0.25) is 0 Å². The van der Waals surface area contributed by atoms with E-state index in [9.17, 15) is 13.2 Å². The maximum atomic E-state index is 12.4. The first kappa shape index (κ1) is 17.2. The van der Waals surface area contributed by atoms with Gasteiger partial charge in [-0.15, -0.1) is 0 Å². The van der Waals surface area contributed by atoms with Gasteiger partial charge in [0, 0.05) is 23.6 Å². The van der Waals surface area contributed by atoms with Gasteiger partial charge in [-0.3, -0.25) is 4.79 Å². The van der Waals surface area contributed by atoms with Gasteiger partial charge in [0.05, 0.1) is 11.2 Å². The number of piperidine rings is 1. The number of hydrogen-bond donors (Lipinski definition) is 1. The van der Waals surface area contributed by atoms with Crippen molar-refractivity contribution in [3.8, 4) is 0 Å². The molecule has 0 saturated carbocycles. The minimum Gasteiger partial charge on any atom is -0.459 e. The lowest BCUT2D eigenvalue weighted by Gasteiger charge is -2.31. The van der Waals surface area contributed by atoms with Crippen molar-refractivity contribution in [2.75, 3.05) is 13.1 Å². The van der Waals surface area contributed by atoms with Crippen molar-refractivity contribution in [1.82, 2.24) is 9.62 Å². The van der Waals surface area contributed by atoms with Crippen LogP contribution >= 0.6 is 15.9 Å². The Morgan fingerprint density at radius 3 is 2.58 bits per heavy atom. The van der Waals surface area contributed by atoms with Crippen LogP contribution in [0.15, 0.2) is 56.4 Å². The Morgan fingerprint density at radius 1 is 1.21 bits per heavy atom. The number of amides is 1. The predicted molar refractivity (Wildman–Crippen MR) is 92.1 cm³/mol. The minimum atomic E-state index is -3.57. The van der Waals surface area contributed by atoms with Gasteiger partial charge in [-0.25, -0.2) is 13.1 Å². The average Bonchev–Trinajstić information content (AvgIpc) is 3.09. The van der Waals surface area contributed by atoms with E-state index in [2.05, 4.69) is 20.7 Å². The highest BCUT2D eigenvalue weighted by molar-refractivity contribution is 9.10. The van der Waals surface area contributed by atoms with Crippen LogP contribution in [-0.4, -0.2) is 38.4 Å². The van der Waals surface area contributed by atoms with Gasteiger partial charge in [-0.1, -0.05) is 22.0 Å². The van der Waals surface area contributed by atoms with Crippen molar-refractivity contribution in [2.24, 2.45) is 0 Å². The molecule has 0 atom stereocenters. The van der Waals surface area contributed by atoms with Crippen molar-refractivity contribution in [3.63, 3.8) is 0 Å². The number of carbonyl (C=O) groups excluding carboxylic acids is 1. The van der Waals surface area contributed by atoms with Crippen LogP contribution in [0.5, 0.6) is 0 Å². The number of carbonyl (C=O) groups is 1. The fourth-order valence-corrected chi connectivity index (χ4v) is 4.58. The molecule has 6 nitrogen and oxygen atoms in total. The van der Waals surface area contributed by atoms with Gasteiger partial charge in [0.15, 0.2) is 5.76 Å². The van der Waals surface area contributed by atoms with Crippen LogP contribution in [0.1, 0.15) is 23.4 Å². The summed E-state index contributed by atoms with van der Waals surface area (Å²) < 4.78 is 33.4. The Balaban J connectivity index is 1.60. The zero-order chi connectivity index (χ0) is 17.2. The summed E-state index contributed by atoms with van der Waals surface area (Å²) in [6.45, 7) is 0.983. The van der Waals surface area contributed by atoms with E-state index < -0.39 is 10.0 Å². The molecule has 0 aliphatic carbocycles. The summed E-state index contributed by atoms with van der Waals surface area (Å²) in [6, 6.07) is 9.70. The van der Waals surface area contributed by atoms with E-state index in [1.807, 2.05) is 0 Å². The molecule has 2 heterocycles. The van der Waals surface area contributed by atoms with E-state index in [0.29, 0.717) is 36.2 Å². The highest BCUT2D eigenvalue weighted by atomic mass is 79.9. The van der Waals surface area contributed by atoms with Crippen molar-refractivity contribution in [2.45, 2.75) is 23.8 Å². The molecule has 128 valence electrons. The zero-order valence-electron chi connectivity index (χ0n) is 12.8. The Labute approximate surface area is 149 Å². The van der Waals surface area contributed by atoms with Crippen molar-refractivity contribution in [1.29, 1.82) is 0 Å². The van der Waals surface area contributed by atoms with Crippen molar-refractivity contribution in [3.05, 3.63) is 52.9 Å². The lowest BCUT2D eigenvalue weighted by Crippen LogP contribution is -2.46. The summed E-state index contributed by atoms with van der Waals surface area (Å²) in [7, 11) is -3.57. The van der Waals surface area contributed by atoms with E-state index in [1.54, 1.807) is 41.3 Å². The molecule has 1 fully saturated rings. The first-order valence-electron chi connectivity index (χ1n) is 7.56. The number of halogens is 1. The Kier molecular flexibility index (Phi) is 5.07. The van der Waals surface area contributed by atoms with E-state index in [4.69, 9.17) is 4.42 Å². The highest BCUT2D eigenvalue weighted by Gasteiger charge is 2.28. The molecule has 1 amide bonds. The van der Waals surface area contributed by atoms with Gasteiger partial charge in [-0.05, 0) is 43.2 Å². The average molecular weight is 413 g/mol. The van der Waals surface area contributed by atoms with Crippen LogP contribution < -0.4 is 4.72 Å². The zero-order valence-corrected chi connectivity index (χ0v) is 15.2. The maximum Gasteiger partial charge on any atom is 0.289 e. The van der Waals surface area contributed by atoms with Gasteiger partial charge in [0.25, 0.3) is 5.91 Å². The van der Waals surface area contributed by atoms with Crippen molar-refractivity contribution < 1.29 is 17.6 Å². The second-order valence-corrected chi connectivity index (χ2v) is 8.25. The van der Waals surface area contributed by atoms with Gasteiger partial charge < -0.3 is 9.32 Å². The molecule has 8 heteroatoms. The monoisotopic (exact) mass is 412 g/mol. The summed E-state index contributed by atoms with van der Waals surface area (Å²) >= 11 is 3.28. The van der Waals surface area contributed by atoms with Gasteiger partial charge in [0.1, 0.15) is 0 Å². The standard InChI is InChI=1S/C16H17BrN2O4S/c17-12-3-1-4-14(11-12)24(21,22)18-13-6-8-19(9-7-13)16(20)15-5-2-10-23-15/h1-5,10-11,13,18H,6-9H2. The molecule has 0 bridgehead atoms. The van der Waals surface area contributed by atoms with E-state index in [0.717, 1.165) is 0 Å². The molecule has 1 N–H and O–H groups in total. The smallest absolute Gasteiger partial charge is 0.289 e. The maximum absolute atomic E-state index is 12.4. The summed E-state index contributed by atoms with van der Waals surface area (Å²) in [5.74, 6) is 0.150. The molecule has 0 unspecified atom stereocenters. The molecule has 1 aromatic carbocycles. The highest BCUT2D eigenvalue weighted by Crippen LogP contribution is 2.19. The molecule has 2 aromatic rings. The third-order valence-corrected chi connectivity index (χ3v) is 5.95. The van der Waals surface area contributed by atoms with E-state index in [1.165, 1.54) is 6.26 Å². The number of sulfonamides is 1. The molecule has 3 rings (SSSR count). The fraction of sp³-hybridized carbons (Fsp3) is 0.312. The molecule has 1 aliphatic heterocycles. The Hall–Kier alpha value is -1.64. The molecular formula is C16H17BrN2O4S. The molecule has 0 radical (unpaired) electrons. The Morgan fingerprint density at radius 2 is 1.96 bits per heavy atom. The summed E-state index contributed by atoms with van der Waals surface area (Å²) in [6.07, 6.45) is 2.60. The molecular weight excluding hydrogens is 396 g/mol. The normalized spacial score (nSPS) is 16.3. The molecule has 0 spiro atoms. The molecule has 1 aliphatic rings. The summed E-state index contributed by atoms with van der Waals surface area (Å²) in [5, 5.41) is 0. The number of rotatable bonds is 4. The number of nitrogens with zero attached hydrogens (tertiary/aromatic N) is 1. The lowest BCUT2D eigenvalue weighted by atomic mass is 10.1. The first-order valence-corrected chi connectivity index (χ1v) is 9.84. The van der Waals surface area contributed by atoms with Gasteiger partial charge >= 0.3 is 0 Å². The van der Waals surface area contributed by atoms with E-state index >= 15 is 0 Å². The largest absolute Gasteiger partial charge is 0.459 e.